The molecule has 0 N–H and O–H groups in total. The summed E-state index contributed by atoms with van der Waals surface area (Å²) in [6, 6.07) is 56.6. The molecule has 8 aromatic rings. The van der Waals surface area contributed by atoms with Crippen LogP contribution in [0.3, 0.4) is 0 Å². The van der Waals surface area contributed by atoms with Crippen molar-refractivity contribution in [3.63, 3.8) is 0 Å². The van der Waals surface area contributed by atoms with Gasteiger partial charge in [-0.3, -0.25) is 9.69 Å². The summed E-state index contributed by atoms with van der Waals surface area (Å²) < 4.78 is 56.2. The van der Waals surface area contributed by atoms with Gasteiger partial charge in [0.05, 0.1) is 67.1 Å². The first-order valence-electron chi connectivity index (χ1n) is 32.9. The first kappa shape index (κ1) is 56.6. The van der Waals surface area contributed by atoms with Gasteiger partial charge in [-0.05, 0) is 180 Å². The van der Waals surface area contributed by atoms with E-state index in [1.807, 2.05) is 0 Å². The molecule has 0 amide bonds. The van der Waals surface area contributed by atoms with Gasteiger partial charge in [0.2, 0.25) is 22.5 Å². The van der Waals surface area contributed by atoms with Gasteiger partial charge in [0, 0.05) is 53.5 Å². The van der Waals surface area contributed by atoms with Crippen molar-refractivity contribution in [2.75, 3.05) is 74.7 Å². The van der Waals surface area contributed by atoms with Crippen LogP contribution in [-0.4, -0.2) is 101 Å². The largest absolute Gasteiger partial charge is 0.495 e. The molecule has 6 fully saturated rings. The molecule has 6 aliphatic heterocycles. The Balaban J connectivity index is 0.850. The average molecular weight is 1220 g/mol. The third-order valence-electron chi connectivity index (χ3n) is 20.3. The molecule has 0 radical (unpaired) electrons. The predicted molar refractivity (Wildman–Crippen MR) is 353 cm³/mol. The van der Waals surface area contributed by atoms with Crippen LogP contribution in [0.15, 0.2) is 163 Å². The number of carbonyl (C=O) groups excluding carboxylic acids is 1. The summed E-state index contributed by atoms with van der Waals surface area (Å²) in [7, 11) is 1.71. The summed E-state index contributed by atoms with van der Waals surface area (Å²) in [5.74, 6) is 5.46. The number of Topliss-reactive ketones (excluding diaryl/α,β-unsaturated/α-hetero) is 1. The highest BCUT2D eigenvalue weighted by atomic mass is 16.6. The number of hydrogen-bond acceptors (Lipinski definition) is 13. The fourth-order valence-electron chi connectivity index (χ4n) is 16.6. The number of nitrogens with zero attached hydrogens (tertiary/aromatic N) is 4. The van der Waals surface area contributed by atoms with Gasteiger partial charge in [-0.25, -0.2) is 0 Å². The molecule has 91 heavy (non-hydrogen) atoms. The minimum atomic E-state index is -0.516. The Hall–Kier alpha value is -8.40. The van der Waals surface area contributed by atoms with Crippen molar-refractivity contribution in [2.24, 2.45) is 23.7 Å². The molecule has 2 spiro atoms. The van der Waals surface area contributed by atoms with E-state index in [1.54, 1.807) is 7.11 Å². The Kier molecular flexibility index (Phi) is 13.8. The third kappa shape index (κ3) is 9.98. The van der Waals surface area contributed by atoms with Crippen LogP contribution in [0.4, 0.5) is 39.8 Å². The molecule has 9 aliphatic rings. The number of hydrogen-bond donors (Lipinski definition) is 0. The number of carbonyl (C=O) groups is 1. The second-order valence-corrected chi connectivity index (χ2v) is 27.3. The van der Waals surface area contributed by atoms with Crippen LogP contribution >= 0.6 is 0 Å². The number of rotatable bonds is 18. The lowest BCUT2D eigenvalue weighted by Crippen LogP contribution is -2.64. The first-order chi connectivity index (χ1) is 44.5. The molecule has 6 heterocycles. The van der Waals surface area contributed by atoms with Gasteiger partial charge in [-0.2, -0.15) is 4.58 Å². The van der Waals surface area contributed by atoms with Gasteiger partial charge in [-0.15, -0.1) is 0 Å². The van der Waals surface area contributed by atoms with Gasteiger partial charge >= 0.3 is 0 Å². The number of ether oxygens (including phenoxy) is 9. The van der Waals surface area contributed by atoms with Crippen molar-refractivity contribution in [1.29, 1.82) is 0 Å². The Labute approximate surface area is 530 Å². The number of anilines is 6. The first-order valence-corrected chi connectivity index (χ1v) is 32.9. The highest BCUT2D eigenvalue weighted by Gasteiger charge is 2.57. The lowest BCUT2D eigenvalue weighted by atomic mass is 9.72. The number of benzene rings is 8. The molecule has 14 nitrogen and oxygen atoms in total. The summed E-state index contributed by atoms with van der Waals surface area (Å²) in [5.41, 5.74) is 8.48. The van der Waals surface area contributed by atoms with E-state index in [0.29, 0.717) is 67.0 Å². The van der Waals surface area contributed by atoms with Gasteiger partial charge < -0.3 is 52.4 Å². The molecule has 0 bridgehead atoms. The zero-order valence-electron chi connectivity index (χ0n) is 52.4. The molecular formula is C77H77N4O10+. The number of allylic oxidation sites excluding steroid dienone is 2. The van der Waals surface area contributed by atoms with Gasteiger partial charge in [0.25, 0.3) is 0 Å². The summed E-state index contributed by atoms with van der Waals surface area (Å²) >= 11 is 0. The second kappa shape index (κ2) is 22.2. The second-order valence-electron chi connectivity index (χ2n) is 27.3. The van der Waals surface area contributed by atoms with E-state index in [0.717, 1.165) is 165 Å². The van der Waals surface area contributed by atoms with Crippen LogP contribution in [0.5, 0.6) is 23.0 Å². The molecule has 14 heteroatoms. The van der Waals surface area contributed by atoms with E-state index in [9.17, 15) is 0 Å². The molecule has 464 valence electrons. The summed E-state index contributed by atoms with van der Waals surface area (Å²) in [5, 5.41) is 6.00. The highest BCUT2D eigenvalue weighted by Crippen LogP contribution is 2.60. The number of ketones is 1. The van der Waals surface area contributed by atoms with E-state index in [2.05, 4.69) is 205 Å². The van der Waals surface area contributed by atoms with Gasteiger partial charge in [0.1, 0.15) is 85.3 Å². The minimum absolute atomic E-state index is 0.0520. The van der Waals surface area contributed by atoms with Crippen LogP contribution in [0.2, 0.25) is 0 Å². The monoisotopic (exact) mass is 1220 g/mol. The summed E-state index contributed by atoms with van der Waals surface area (Å²) in [6.07, 6.45) is 6.52. The zero-order chi connectivity index (χ0) is 61.3. The highest BCUT2D eigenvalue weighted by molar-refractivity contribution is 6.53. The summed E-state index contributed by atoms with van der Waals surface area (Å²) in [6.45, 7) is 14.7. The van der Waals surface area contributed by atoms with Gasteiger partial charge in [0.15, 0.2) is 0 Å². The maximum atomic E-state index is 15.9. The van der Waals surface area contributed by atoms with E-state index in [-0.39, 0.29) is 30.2 Å². The van der Waals surface area contributed by atoms with Crippen molar-refractivity contribution in [2.45, 2.75) is 102 Å². The molecule has 17 rings (SSSR count). The third-order valence-corrected chi connectivity index (χ3v) is 20.3. The number of methoxy groups -OCH3 is 1. The van der Waals surface area contributed by atoms with Crippen molar-refractivity contribution >= 4 is 78.3 Å². The zero-order valence-corrected chi connectivity index (χ0v) is 52.4. The quantitative estimate of drug-likeness (QED) is 0.0598. The Bertz CT molecular complexity index is 4250. The van der Waals surface area contributed by atoms with Gasteiger partial charge in [-0.1, -0.05) is 58.0 Å². The smallest absolute Gasteiger partial charge is 0.249 e. The molecule has 8 atom stereocenters. The molecule has 4 saturated heterocycles. The molecule has 3 aliphatic carbocycles. The molecule has 2 saturated carbocycles. The normalized spacial score (nSPS) is 28.2. The molecule has 8 unspecified atom stereocenters. The lowest BCUT2D eigenvalue weighted by molar-refractivity contribution is -0.110. The number of epoxide rings is 4. The van der Waals surface area contributed by atoms with E-state index in [4.69, 9.17) is 42.6 Å². The molecule has 0 aromatic heterocycles. The molecular weight excluding hydrogens is 1140 g/mol. The topological polar surface area (TPSA) is 126 Å². The van der Waals surface area contributed by atoms with Crippen LogP contribution < -0.4 is 48.8 Å². The fourth-order valence-corrected chi connectivity index (χ4v) is 16.6. The Morgan fingerprint density at radius 2 is 0.890 bits per heavy atom. The van der Waals surface area contributed by atoms with Crippen molar-refractivity contribution < 1.29 is 47.4 Å². The summed E-state index contributed by atoms with van der Waals surface area (Å²) in [4.78, 5) is 23.7. The standard InChI is InChI=1S/C77H77N4O10/c1-46-32-47(2)35-76(34-46)78(50-12-20-54(21-13-50)84-38-58-42-88-58)66-10-6-8-62-64(28-30-68(70(62)66)80(76)52-16-24-56(25-17-52)86-40-60-44-90-60)72-74(82)73(75(72)83-5)65-29-31-69-71-63(65)9-7-11-67(71)79(51-14-22-55(23-15-51)85-39-59-43-89-59)77(36-48(3)33-49(4)37-77)81(69)53-18-26-57(27-19-53)87-41-61-45-91-61/h6-31,46-49,58-61H,32-45H2,1-5H3/q+1. The van der Waals surface area contributed by atoms with Crippen LogP contribution in [-0.2, 0) is 28.5 Å². The van der Waals surface area contributed by atoms with Crippen molar-refractivity contribution in [3.05, 3.63) is 180 Å². The van der Waals surface area contributed by atoms with E-state index >= 15 is 4.79 Å². The van der Waals surface area contributed by atoms with Crippen molar-refractivity contribution in [1.82, 2.24) is 4.58 Å². The maximum Gasteiger partial charge on any atom is 0.249 e. The van der Waals surface area contributed by atoms with Crippen molar-refractivity contribution in [3.8, 4) is 23.0 Å². The minimum Gasteiger partial charge on any atom is -0.495 e. The van der Waals surface area contributed by atoms with Crippen LogP contribution in [0.1, 0.15) is 71.8 Å². The van der Waals surface area contributed by atoms with Crippen LogP contribution in [0.25, 0.3) is 32.7 Å². The average Bonchev–Trinajstić information content (AvgIpc) is 1.64. The SMILES string of the molecule is COC1=C(c2ccc3c4c(cccc24)N(c2ccc(OCC4CO4)cc2)C2(CC(C)CC(C)C2)N3c2ccc(OCC3CO3)cc2)C(=O)/C1=c1\ccc2c3c(cccc13)N(c1ccc(OCC3CO3)cc1)C1(CC(C)CC(C)C1)[N+]=2c1ccc(OCC2CO2)cc1. The lowest BCUT2D eigenvalue weighted by Gasteiger charge is -2.59. The fraction of sp³-hybridized carbons (Fsp3) is 0.377. The Morgan fingerprint density at radius 1 is 0.462 bits per heavy atom. The Morgan fingerprint density at radius 3 is 1.36 bits per heavy atom. The van der Waals surface area contributed by atoms with Crippen LogP contribution in [0, 0.1) is 23.7 Å². The van der Waals surface area contributed by atoms with E-state index in [1.165, 1.54) is 0 Å². The maximum absolute atomic E-state index is 15.9. The van der Waals surface area contributed by atoms with E-state index < -0.39 is 11.3 Å². The predicted octanol–water partition coefficient (Wildman–Crippen LogP) is 13.5. The molecule has 8 aromatic carbocycles.